The Labute approximate surface area is 299 Å². The fourth-order valence-electron chi connectivity index (χ4n) is 6.78. The minimum atomic E-state index is -4.13. The van der Waals surface area contributed by atoms with Crippen molar-refractivity contribution in [2.75, 3.05) is 13.6 Å². The number of hydrogen-bond acceptors (Lipinski definition) is 3. The van der Waals surface area contributed by atoms with Crippen LogP contribution in [0.5, 0.6) is 0 Å². The molecule has 0 saturated carbocycles. The zero-order valence-electron chi connectivity index (χ0n) is 31.7. The molecule has 0 fully saturated rings. The SMILES string of the molecule is CCCCCCCCCCCCCCCCCC(CCCCCC/C=C\CCCCCCCC=NCC1C=CC=CC1)N(C)S(=O)(=O)O. The summed E-state index contributed by atoms with van der Waals surface area (Å²) >= 11 is 0. The van der Waals surface area contributed by atoms with E-state index in [0.717, 1.165) is 64.3 Å². The Kier molecular flexibility index (Phi) is 30.7. The highest BCUT2D eigenvalue weighted by Gasteiger charge is 2.23. The molecule has 1 aliphatic rings. The first-order valence-electron chi connectivity index (χ1n) is 20.6. The molecule has 0 aliphatic heterocycles. The van der Waals surface area contributed by atoms with Gasteiger partial charge in [0.25, 0.3) is 0 Å². The van der Waals surface area contributed by atoms with E-state index < -0.39 is 10.3 Å². The normalized spacial score (nSPS) is 15.9. The maximum atomic E-state index is 11.8. The average Bonchev–Trinajstić information content (AvgIpc) is 3.08. The summed E-state index contributed by atoms with van der Waals surface area (Å²) in [6, 6.07) is -0.0863. The van der Waals surface area contributed by atoms with Crippen LogP contribution in [0.4, 0.5) is 0 Å². The lowest BCUT2D eigenvalue weighted by Gasteiger charge is -2.25. The van der Waals surface area contributed by atoms with Gasteiger partial charge in [-0.3, -0.25) is 9.55 Å². The molecule has 0 aromatic rings. The Morgan fingerprint density at radius 3 is 1.54 bits per heavy atom. The van der Waals surface area contributed by atoms with Crippen molar-refractivity contribution in [3.05, 3.63) is 36.5 Å². The molecule has 5 nitrogen and oxygen atoms in total. The number of nitrogens with zero attached hydrogens (tertiary/aromatic N) is 2. The lowest BCUT2D eigenvalue weighted by atomic mass is 10.00. The lowest BCUT2D eigenvalue weighted by Crippen LogP contribution is -2.36. The highest BCUT2D eigenvalue weighted by atomic mass is 32.2. The highest BCUT2D eigenvalue weighted by Crippen LogP contribution is 2.20. The molecule has 280 valence electrons. The third kappa shape index (κ3) is 28.6. The third-order valence-electron chi connectivity index (χ3n) is 10.1. The van der Waals surface area contributed by atoms with E-state index >= 15 is 0 Å². The molecule has 0 radical (unpaired) electrons. The summed E-state index contributed by atoms with van der Waals surface area (Å²) in [5, 5.41) is 0. The molecule has 1 aliphatic carbocycles. The van der Waals surface area contributed by atoms with Crippen molar-refractivity contribution in [1.29, 1.82) is 0 Å². The molecule has 2 unspecified atom stereocenters. The second-order valence-corrected chi connectivity index (χ2v) is 16.0. The van der Waals surface area contributed by atoms with Crippen LogP contribution in [0.3, 0.4) is 0 Å². The number of hydrogen-bond donors (Lipinski definition) is 1. The quantitative estimate of drug-likeness (QED) is 0.0311. The van der Waals surface area contributed by atoms with E-state index in [1.165, 1.54) is 139 Å². The molecule has 0 spiro atoms. The van der Waals surface area contributed by atoms with Crippen LogP contribution in [0.1, 0.15) is 200 Å². The minimum absolute atomic E-state index is 0.0863. The molecule has 6 heteroatoms. The topological polar surface area (TPSA) is 70.0 Å². The van der Waals surface area contributed by atoms with E-state index in [1.807, 2.05) is 0 Å². The zero-order valence-corrected chi connectivity index (χ0v) is 32.5. The van der Waals surface area contributed by atoms with Gasteiger partial charge in [-0.15, -0.1) is 0 Å². The van der Waals surface area contributed by atoms with Gasteiger partial charge in [0.2, 0.25) is 0 Å². The van der Waals surface area contributed by atoms with Crippen molar-refractivity contribution < 1.29 is 13.0 Å². The second-order valence-electron chi connectivity index (χ2n) is 14.6. The van der Waals surface area contributed by atoms with Gasteiger partial charge in [-0.05, 0) is 64.0 Å². The molecule has 1 rings (SSSR count). The maximum Gasteiger partial charge on any atom is 0.335 e. The van der Waals surface area contributed by atoms with E-state index in [0.29, 0.717) is 5.92 Å². The van der Waals surface area contributed by atoms with E-state index in [4.69, 9.17) is 0 Å². The van der Waals surface area contributed by atoms with E-state index in [9.17, 15) is 13.0 Å². The molecule has 0 aromatic carbocycles. The Morgan fingerprint density at radius 2 is 1.10 bits per heavy atom. The first-order valence-corrected chi connectivity index (χ1v) is 22.0. The van der Waals surface area contributed by atoms with Gasteiger partial charge in [0.1, 0.15) is 0 Å². The monoisotopic (exact) mass is 691 g/mol. The van der Waals surface area contributed by atoms with Gasteiger partial charge in [0.05, 0.1) is 0 Å². The van der Waals surface area contributed by atoms with Crippen LogP contribution >= 0.6 is 0 Å². The number of aliphatic imine (C=N–C) groups is 1. The highest BCUT2D eigenvalue weighted by molar-refractivity contribution is 7.83. The standard InChI is InChI=1S/C42H78N2O3S/c1-3-4-5-6-7-8-9-10-11-14-17-20-23-26-32-37-42(44(2)48(45,46)47)38-33-27-24-21-18-15-12-13-16-19-22-25-28-34-39-43-40-41-35-30-29-31-36-41/h12,15,29-31,35,39,41-42H,3-11,13-14,16-28,32-34,36-38,40H2,1-2H3,(H,45,46,47)/b15-12-,43-39?. The molecule has 0 bridgehead atoms. The molecule has 1 N–H and O–H groups in total. The number of rotatable bonds is 35. The Morgan fingerprint density at radius 1 is 0.667 bits per heavy atom. The van der Waals surface area contributed by atoms with E-state index in [2.05, 4.69) is 54.6 Å². The molecular weight excluding hydrogens is 613 g/mol. The summed E-state index contributed by atoms with van der Waals surface area (Å²) < 4.78 is 34.5. The molecule has 2 atom stereocenters. The summed E-state index contributed by atoms with van der Waals surface area (Å²) in [6.45, 7) is 3.21. The van der Waals surface area contributed by atoms with Crippen LogP contribution in [0, 0.1) is 5.92 Å². The van der Waals surface area contributed by atoms with E-state index in [1.54, 1.807) is 7.05 Å². The summed E-state index contributed by atoms with van der Waals surface area (Å²) in [5.74, 6) is 0.596. The van der Waals surface area contributed by atoms with Gasteiger partial charge in [-0.1, -0.05) is 178 Å². The summed E-state index contributed by atoms with van der Waals surface area (Å²) in [7, 11) is -2.59. The van der Waals surface area contributed by atoms with Crippen LogP contribution in [0.25, 0.3) is 0 Å². The van der Waals surface area contributed by atoms with Crippen molar-refractivity contribution >= 4 is 16.5 Å². The van der Waals surface area contributed by atoms with Gasteiger partial charge < -0.3 is 0 Å². The van der Waals surface area contributed by atoms with Crippen LogP contribution in [-0.4, -0.2) is 43.1 Å². The number of unbranched alkanes of at least 4 members (excludes halogenated alkanes) is 24. The van der Waals surface area contributed by atoms with Crippen molar-refractivity contribution in [2.45, 2.75) is 206 Å². The summed E-state index contributed by atoms with van der Waals surface area (Å²) in [4.78, 5) is 4.60. The molecule has 0 amide bonds. The van der Waals surface area contributed by atoms with Gasteiger partial charge in [0.15, 0.2) is 0 Å². The fraction of sp³-hybridized carbons (Fsp3) is 0.833. The molecule has 0 saturated heterocycles. The smallest absolute Gasteiger partial charge is 0.297 e. The lowest BCUT2D eigenvalue weighted by molar-refractivity contribution is 0.285. The Bertz CT molecular complexity index is 927. The molecular formula is C42H78N2O3S. The largest absolute Gasteiger partial charge is 0.335 e. The van der Waals surface area contributed by atoms with Crippen molar-refractivity contribution in [1.82, 2.24) is 4.31 Å². The van der Waals surface area contributed by atoms with Gasteiger partial charge in [-0.2, -0.15) is 12.7 Å². The molecule has 48 heavy (non-hydrogen) atoms. The zero-order chi connectivity index (χ0) is 34.8. The third-order valence-corrected chi connectivity index (χ3v) is 11.1. The maximum absolute atomic E-state index is 11.8. The van der Waals surface area contributed by atoms with Crippen LogP contribution in [0.2, 0.25) is 0 Å². The first kappa shape index (κ1) is 44.8. The van der Waals surface area contributed by atoms with Gasteiger partial charge in [0, 0.05) is 25.6 Å². The van der Waals surface area contributed by atoms with Gasteiger partial charge >= 0.3 is 10.3 Å². The predicted octanol–water partition coefficient (Wildman–Crippen LogP) is 13.2. The van der Waals surface area contributed by atoms with E-state index in [-0.39, 0.29) is 6.04 Å². The Hall–Kier alpha value is -1.24. The predicted molar refractivity (Wildman–Crippen MR) is 212 cm³/mol. The summed E-state index contributed by atoms with van der Waals surface area (Å²) in [5.41, 5.74) is 0. The second kappa shape index (κ2) is 32.9. The fourth-order valence-corrected chi connectivity index (χ4v) is 7.36. The number of allylic oxidation sites excluding steroid dienone is 5. The minimum Gasteiger partial charge on any atom is -0.297 e. The molecule has 0 aromatic heterocycles. The van der Waals surface area contributed by atoms with Crippen molar-refractivity contribution in [3.8, 4) is 0 Å². The first-order chi connectivity index (χ1) is 23.4. The average molecular weight is 691 g/mol. The van der Waals surface area contributed by atoms with Crippen LogP contribution in [-0.2, 0) is 10.3 Å². The molecule has 0 heterocycles. The van der Waals surface area contributed by atoms with Crippen LogP contribution < -0.4 is 0 Å². The summed E-state index contributed by atoms with van der Waals surface area (Å²) in [6.07, 6.45) is 52.8. The van der Waals surface area contributed by atoms with Crippen LogP contribution in [0.15, 0.2) is 41.4 Å². The Balaban J connectivity index is 1.96. The van der Waals surface area contributed by atoms with Gasteiger partial charge in [-0.25, -0.2) is 0 Å². The van der Waals surface area contributed by atoms with Crippen molar-refractivity contribution in [3.63, 3.8) is 0 Å². The van der Waals surface area contributed by atoms with Crippen molar-refractivity contribution in [2.24, 2.45) is 10.9 Å².